The van der Waals surface area contributed by atoms with Crippen LogP contribution in [-0.4, -0.2) is 19.4 Å². The molecule has 0 radical (unpaired) electrons. The fourth-order valence-electron chi connectivity index (χ4n) is 1.76. The molecule has 2 nitrogen and oxygen atoms in total. The summed E-state index contributed by atoms with van der Waals surface area (Å²) < 4.78 is 75.2. The molecule has 0 atom stereocenters. The summed E-state index contributed by atoms with van der Waals surface area (Å²) in [6.07, 6.45) is -8.09. The smallest absolute Gasteiger partial charge is 0.422 e. The van der Waals surface area contributed by atoms with Crippen molar-refractivity contribution in [1.82, 2.24) is 0 Å². The van der Waals surface area contributed by atoms with Gasteiger partial charge in [-0.25, -0.2) is 0 Å². The van der Waals surface area contributed by atoms with Gasteiger partial charge in [0.2, 0.25) is 0 Å². The predicted octanol–water partition coefficient (Wildman–Crippen LogP) is 5.14. The van der Waals surface area contributed by atoms with Crippen LogP contribution in [0.3, 0.4) is 0 Å². The van der Waals surface area contributed by atoms with Crippen molar-refractivity contribution in [2.75, 3.05) is 13.2 Å². The molecule has 0 saturated heterocycles. The van der Waals surface area contributed by atoms with Crippen LogP contribution in [0.4, 0.5) is 22.0 Å². The van der Waals surface area contributed by atoms with Gasteiger partial charge in [-0.3, -0.25) is 0 Å². The number of hydrogen-bond acceptors (Lipinski definition) is 2. The van der Waals surface area contributed by atoms with Crippen LogP contribution in [0, 0.1) is 0 Å². The first-order valence-corrected chi connectivity index (χ1v) is 6.51. The molecule has 0 bridgehead atoms. The molecule has 0 aromatic heterocycles. The number of rotatable bonds is 6. The highest BCUT2D eigenvalue weighted by molar-refractivity contribution is 5.81. The van der Waals surface area contributed by atoms with Crippen molar-refractivity contribution < 1.29 is 31.4 Å². The molecule has 0 amide bonds. The van der Waals surface area contributed by atoms with E-state index in [0.717, 1.165) is 0 Å². The van der Waals surface area contributed by atoms with Gasteiger partial charge in [0.25, 0.3) is 12.0 Å². The van der Waals surface area contributed by atoms with E-state index >= 15 is 0 Å². The predicted molar refractivity (Wildman–Crippen MR) is 71.9 cm³/mol. The van der Waals surface area contributed by atoms with Crippen LogP contribution in [0.25, 0.3) is 5.57 Å². The summed E-state index contributed by atoms with van der Waals surface area (Å²) in [5.74, 6) is -0.573. The molecule has 22 heavy (non-hydrogen) atoms. The van der Waals surface area contributed by atoms with Crippen LogP contribution in [0.1, 0.15) is 19.4 Å². The third-order valence-electron chi connectivity index (χ3n) is 2.54. The quantitative estimate of drug-likeness (QED) is 0.410. The Hall–Kier alpha value is -2.05. The van der Waals surface area contributed by atoms with Gasteiger partial charge < -0.3 is 9.47 Å². The lowest BCUT2D eigenvalue weighted by atomic mass is 9.99. The monoisotopic (exact) mass is 322 g/mol. The summed E-state index contributed by atoms with van der Waals surface area (Å²) >= 11 is 0. The Morgan fingerprint density at radius 1 is 0.955 bits per heavy atom. The minimum atomic E-state index is -5.25. The van der Waals surface area contributed by atoms with E-state index in [2.05, 4.69) is 0 Å². The highest BCUT2D eigenvalue weighted by Gasteiger charge is 2.43. The van der Waals surface area contributed by atoms with Gasteiger partial charge in [-0.15, -0.1) is 0 Å². The molecular formula is C15H15F5O2. The zero-order valence-electron chi connectivity index (χ0n) is 12.0. The van der Waals surface area contributed by atoms with Gasteiger partial charge in [0.1, 0.15) is 5.57 Å². The molecule has 0 aliphatic rings. The molecule has 0 aliphatic carbocycles. The first kappa shape index (κ1) is 18.0. The molecular weight excluding hydrogens is 307 g/mol. The molecule has 0 unspecified atom stereocenters. The highest BCUT2D eigenvalue weighted by atomic mass is 19.4. The molecule has 0 spiro atoms. The van der Waals surface area contributed by atoms with E-state index in [-0.39, 0.29) is 18.8 Å². The van der Waals surface area contributed by atoms with Crippen LogP contribution in [0.2, 0.25) is 0 Å². The van der Waals surface area contributed by atoms with E-state index in [1.165, 1.54) is 38.1 Å². The Labute approximate surface area is 124 Å². The topological polar surface area (TPSA) is 18.5 Å². The molecule has 0 saturated carbocycles. The van der Waals surface area contributed by atoms with Crippen LogP contribution >= 0.6 is 0 Å². The van der Waals surface area contributed by atoms with E-state index in [9.17, 15) is 22.0 Å². The fourth-order valence-corrected chi connectivity index (χ4v) is 1.76. The zero-order valence-corrected chi connectivity index (χ0v) is 12.0. The summed E-state index contributed by atoms with van der Waals surface area (Å²) in [4.78, 5) is 0. The number of benzene rings is 1. The third kappa shape index (κ3) is 4.47. The number of allylic oxidation sites excluding steroid dienone is 2. The summed E-state index contributed by atoms with van der Waals surface area (Å²) in [6, 6.07) is 7.00. The van der Waals surface area contributed by atoms with E-state index in [4.69, 9.17) is 9.47 Å². The minimum absolute atomic E-state index is 0.0231. The minimum Gasteiger partial charge on any atom is -0.465 e. The second-order valence-electron chi connectivity index (χ2n) is 4.03. The Morgan fingerprint density at radius 2 is 1.45 bits per heavy atom. The maximum atomic E-state index is 13.1. The van der Waals surface area contributed by atoms with Crippen molar-refractivity contribution in [3.8, 4) is 0 Å². The Bertz CT molecular complexity index is 535. The largest absolute Gasteiger partial charge is 0.465 e. The maximum Gasteiger partial charge on any atom is 0.422 e. The average molecular weight is 322 g/mol. The lowest BCUT2D eigenvalue weighted by molar-refractivity contribution is -0.0911. The van der Waals surface area contributed by atoms with Gasteiger partial charge in [0.05, 0.1) is 18.8 Å². The number of alkyl halides is 3. The van der Waals surface area contributed by atoms with Crippen molar-refractivity contribution in [3.63, 3.8) is 0 Å². The maximum absolute atomic E-state index is 13.1. The molecule has 1 rings (SSSR count). The lowest BCUT2D eigenvalue weighted by Crippen LogP contribution is -2.17. The van der Waals surface area contributed by atoms with Crippen LogP contribution in [0.5, 0.6) is 0 Å². The Balaban J connectivity index is 3.66. The van der Waals surface area contributed by atoms with Gasteiger partial charge >= 0.3 is 6.18 Å². The number of ether oxygens (including phenoxy) is 2. The van der Waals surface area contributed by atoms with Gasteiger partial charge in [-0.1, -0.05) is 30.3 Å². The average Bonchev–Trinajstić information content (AvgIpc) is 2.43. The number of halogens is 5. The summed E-state index contributed by atoms with van der Waals surface area (Å²) in [7, 11) is 0. The van der Waals surface area contributed by atoms with Crippen LogP contribution in [0.15, 0.2) is 47.9 Å². The van der Waals surface area contributed by atoms with Crippen LogP contribution in [-0.2, 0) is 9.47 Å². The van der Waals surface area contributed by atoms with E-state index in [1.54, 1.807) is 6.07 Å². The molecule has 7 heteroatoms. The SMILES string of the molecule is CCOC(OCC)=C(C(=C(F)F)C(F)(F)F)c1ccccc1. The molecule has 122 valence electrons. The Kier molecular flexibility index (Phi) is 6.39. The summed E-state index contributed by atoms with van der Waals surface area (Å²) in [6.45, 7) is 2.99. The van der Waals surface area contributed by atoms with Gasteiger partial charge in [0.15, 0.2) is 0 Å². The molecule has 0 aliphatic heterocycles. The van der Waals surface area contributed by atoms with E-state index in [0.29, 0.717) is 0 Å². The molecule has 0 N–H and O–H groups in total. The zero-order chi connectivity index (χ0) is 16.8. The van der Waals surface area contributed by atoms with Gasteiger partial charge in [-0.05, 0) is 19.4 Å². The van der Waals surface area contributed by atoms with E-state index in [1.807, 2.05) is 0 Å². The van der Waals surface area contributed by atoms with Gasteiger partial charge in [-0.2, -0.15) is 22.0 Å². The normalized spacial score (nSPS) is 10.9. The van der Waals surface area contributed by atoms with E-state index < -0.39 is 29.3 Å². The van der Waals surface area contributed by atoms with Crippen molar-refractivity contribution >= 4 is 5.57 Å². The second kappa shape index (κ2) is 7.82. The molecule has 1 aromatic carbocycles. The van der Waals surface area contributed by atoms with Crippen molar-refractivity contribution in [2.45, 2.75) is 20.0 Å². The van der Waals surface area contributed by atoms with Gasteiger partial charge in [0, 0.05) is 0 Å². The second-order valence-corrected chi connectivity index (χ2v) is 4.03. The first-order valence-electron chi connectivity index (χ1n) is 6.51. The highest BCUT2D eigenvalue weighted by Crippen LogP contribution is 2.41. The third-order valence-corrected chi connectivity index (χ3v) is 2.54. The first-order chi connectivity index (χ1) is 10.3. The summed E-state index contributed by atoms with van der Waals surface area (Å²) in [5.41, 5.74) is -2.94. The molecule has 1 aromatic rings. The molecule has 0 fully saturated rings. The Morgan fingerprint density at radius 3 is 1.82 bits per heavy atom. The van der Waals surface area contributed by atoms with Crippen molar-refractivity contribution in [2.24, 2.45) is 0 Å². The summed E-state index contributed by atoms with van der Waals surface area (Å²) in [5, 5.41) is 0. The fraction of sp³-hybridized carbons (Fsp3) is 0.333. The molecule has 0 heterocycles. The van der Waals surface area contributed by atoms with Crippen molar-refractivity contribution in [1.29, 1.82) is 0 Å². The number of hydrogen-bond donors (Lipinski definition) is 0. The lowest BCUT2D eigenvalue weighted by Gasteiger charge is -2.19. The van der Waals surface area contributed by atoms with Crippen LogP contribution < -0.4 is 0 Å². The van der Waals surface area contributed by atoms with Crippen molar-refractivity contribution in [3.05, 3.63) is 53.5 Å². The standard InChI is InChI=1S/C15H15F5O2/c1-3-21-14(22-4-2)11(10-8-6-5-7-9-10)12(13(16)17)15(18,19)20/h5-9H,3-4H2,1-2H3.